The molecule has 7 heteroatoms. The zero-order valence-electron chi connectivity index (χ0n) is 18.5. The fraction of sp³-hybridized carbons (Fsp3) is 0.652. The summed E-state index contributed by atoms with van der Waals surface area (Å²) in [7, 11) is 0. The summed E-state index contributed by atoms with van der Waals surface area (Å²) in [5, 5.41) is 2.87. The highest BCUT2D eigenvalue weighted by Gasteiger charge is 2.50. The largest absolute Gasteiger partial charge is 0.489 e. The summed E-state index contributed by atoms with van der Waals surface area (Å²) < 4.78 is 18.9. The number of hydrogen-bond donors (Lipinski definition) is 2. The van der Waals surface area contributed by atoms with Crippen molar-refractivity contribution in [3.05, 3.63) is 23.6 Å². The van der Waals surface area contributed by atoms with Crippen LogP contribution >= 0.6 is 22.6 Å². The first-order valence-electron chi connectivity index (χ1n) is 10.4. The minimum Gasteiger partial charge on any atom is -0.489 e. The lowest BCUT2D eigenvalue weighted by Gasteiger charge is -2.47. The Bertz CT molecular complexity index is 810. The number of hydrogen-bond acceptors (Lipinski definition) is 3. The Morgan fingerprint density at radius 3 is 2.50 bits per heavy atom. The van der Waals surface area contributed by atoms with Crippen LogP contribution in [-0.4, -0.2) is 27.1 Å². The third-order valence-electron chi connectivity index (χ3n) is 6.26. The lowest BCUT2D eigenvalue weighted by molar-refractivity contribution is -0.125. The number of halogens is 2. The normalized spacial score (nSPS) is 33.3. The molecule has 0 saturated heterocycles. The van der Waals surface area contributed by atoms with Crippen molar-refractivity contribution in [2.75, 3.05) is 0 Å². The summed E-state index contributed by atoms with van der Waals surface area (Å²) in [5.74, 6) is 2.38. The molecule has 30 heavy (non-hydrogen) atoms. The van der Waals surface area contributed by atoms with E-state index in [2.05, 4.69) is 23.2 Å². The van der Waals surface area contributed by atoms with Crippen molar-refractivity contribution in [2.24, 2.45) is 22.1 Å². The number of carbonyl (C=O) groups excluding carboxylic acids is 1. The van der Waals surface area contributed by atoms with Gasteiger partial charge in [0.1, 0.15) is 5.84 Å². The van der Waals surface area contributed by atoms with Crippen LogP contribution in [0.4, 0.5) is 4.39 Å². The number of allylic oxidation sites excluding steroid dienone is 2. The molecule has 0 radical (unpaired) electrons. The van der Waals surface area contributed by atoms with Crippen LogP contribution in [0.15, 0.2) is 28.6 Å². The molecule has 2 fully saturated rings. The number of alkyl halides is 2. The average molecular weight is 529 g/mol. The van der Waals surface area contributed by atoms with E-state index < -0.39 is 20.6 Å². The van der Waals surface area contributed by atoms with Crippen LogP contribution in [0.3, 0.4) is 0 Å². The molecule has 0 bridgehead atoms. The second-order valence-electron chi connectivity index (χ2n) is 8.80. The van der Waals surface area contributed by atoms with Crippen molar-refractivity contribution < 1.29 is 13.9 Å². The third kappa shape index (κ3) is 4.84. The molecule has 2 aliphatic carbocycles. The Labute approximate surface area is 193 Å². The molecule has 0 aromatic carbocycles. The Hall–Kier alpha value is -1.56. The fourth-order valence-electron chi connectivity index (χ4n) is 3.99. The second kappa shape index (κ2) is 9.29. The van der Waals surface area contributed by atoms with Crippen LogP contribution in [0.2, 0.25) is 0 Å². The molecule has 1 amide bonds. The molecule has 5 nitrogen and oxygen atoms in total. The van der Waals surface area contributed by atoms with Gasteiger partial charge in [-0.1, -0.05) is 24.5 Å². The zero-order valence-corrected chi connectivity index (χ0v) is 20.7. The molecule has 5 unspecified atom stereocenters. The number of nitrogens with two attached hydrogens (primary N) is 1. The third-order valence-corrected chi connectivity index (χ3v) is 7.24. The molecule has 3 N–H and O–H groups in total. The van der Waals surface area contributed by atoms with E-state index in [4.69, 9.17) is 16.9 Å². The highest BCUT2D eigenvalue weighted by atomic mass is 127. The molecule has 2 saturated carbocycles. The first-order valence-corrected chi connectivity index (χ1v) is 11.5. The summed E-state index contributed by atoms with van der Waals surface area (Å²) in [4.78, 5) is 17.7. The molecular weight excluding hydrogens is 496 g/mol. The van der Waals surface area contributed by atoms with E-state index in [1.165, 1.54) is 0 Å². The number of ether oxygens (including phenoxy) is 1. The van der Waals surface area contributed by atoms with Crippen molar-refractivity contribution in [1.82, 2.24) is 5.32 Å². The van der Waals surface area contributed by atoms with Crippen molar-refractivity contribution in [3.8, 4) is 12.3 Å². The fourth-order valence-corrected chi connectivity index (χ4v) is 4.83. The van der Waals surface area contributed by atoms with Gasteiger partial charge in [0, 0.05) is 18.4 Å². The molecule has 2 aliphatic rings. The van der Waals surface area contributed by atoms with Gasteiger partial charge in [-0.3, -0.25) is 4.79 Å². The predicted molar refractivity (Wildman–Crippen MR) is 128 cm³/mol. The maximum Gasteiger partial charge on any atom is 0.245 e. The number of nitrogens with zero attached hydrogens (tertiary/aromatic N) is 1. The lowest BCUT2D eigenvalue weighted by Crippen LogP contribution is -2.52. The predicted octanol–water partition coefficient (Wildman–Crippen LogP) is 4.77. The van der Waals surface area contributed by atoms with E-state index in [9.17, 15) is 9.18 Å². The van der Waals surface area contributed by atoms with E-state index in [1.807, 2.05) is 26.8 Å². The molecule has 0 aromatic rings. The molecule has 0 spiro atoms. The van der Waals surface area contributed by atoms with E-state index in [1.54, 1.807) is 35.8 Å². The standard InChI is InChI=1S/C23H33FIN3O2/c1-7-13-30-23(12-9-16(23)5)18(15(3)4)28-19(26)21(6,8-2)20(29)27-17-10-11-22(24,25)14-17/h2,7,13,16-17H,9-12,14H2,1,3-6H3,(H2,26,28)(H,27,29)/b13-7-. The van der Waals surface area contributed by atoms with E-state index >= 15 is 0 Å². The van der Waals surface area contributed by atoms with Crippen LogP contribution in [0.25, 0.3) is 0 Å². The Morgan fingerprint density at radius 1 is 1.43 bits per heavy atom. The number of aliphatic imine (C=N–C) groups is 1. The first-order chi connectivity index (χ1) is 13.9. The van der Waals surface area contributed by atoms with Gasteiger partial charge in [-0.2, -0.15) is 0 Å². The quantitative estimate of drug-likeness (QED) is 0.125. The number of amidine groups is 1. The SMILES string of the molecule is C#CC(C)(C(=O)NC1CCC(F)(I)C1)/C(N)=N\C(=C(C)C)C1(O/C=C\C)CCC1C. The second-order valence-corrected chi connectivity index (χ2v) is 10.7. The zero-order chi connectivity index (χ0) is 22.7. The van der Waals surface area contributed by atoms with E-state index in [-0.39, 0.29) is 24.2 Å². The van der Waals surface area contributed by atoms with Crippen LogP contribution < -0.4 is 11.1 Å². The Morgan fingerprint density at radius 2 is 2.10 bits per heavy atom. The summed E-state index contributed by atoms with van der Waals surface area (Å²) in [6.45, 7) is 9.48. The van der Waals surface area contributed by atoms with Gasteiger partial charge in [-0.15, -0.1) is 6.42 Å². The topological polar surface area (TPSA) is 76.7 Å². The number of carbonyl (C=O) groups is 1. The minimum absolute atomic E-state index is 0.0419. The molecule has 0 aliphatic heterocycles. The molecule has 0 aromatic heterocycles. The number of terminal acetylenes is 1. The van der Waals surface area contributed by atoms with Crippen molar-refractivity contribution >= 4 is 34.3 Å². The highest BCUT2D eigenvalue weighted by molar-refractivity contribution is 14.1. The Kier molecular flexibility index (Phi) is 7.65. The molecule has 166 valence electrons. The van der Waals surface area contributed by atoms with Crippen LogP contribution in [0, 0.1) is 23.7 Å². The van der Waals surface area contributed by atoms with E-state index in [0.717, 1.165) is 18.4 Å². The van der Waals surface area contributed by atoms with Gasteiger partial charge in [-0.05, 0) is 76.0 Å². The summed E-state index contributed by atoms with van der Waals surface area (Å²) in [6.07, 6.45) is 12.3. The van der Waals surface area contributed by atoms with Crippen molar-refractivity contribution in [1.29, 1.82) is 0 Å². The van der Waals surface area contributed by atoms with Gasteiger partial charge >= 0.3 is 0 Å². The van der Waals surface area contributed by atoms with Crippen molar-refractivity contribution in [3.63, 3.8) is 0 Å². The van der Waals surface area contributed by atoms with Gasteiger partial charge < -0.3 is 15.8 Å². The summed E-state index contributed by atoms with van der Waals surface area (Å²) >= 11 is 1.79. The number of nitrogens with one attached hydrogen (secondary N) is 1. The first kappa shape index (κ1) is 24.7. The number of rotatable bonds is 7. The molecule has 2 rings (SSSR count). The Balaban J connectivity index is 2.33. The molecule has 0 heterocycles. The molecule has 5 atom stereocenters. The van der Waals surface area contributed by atoms with E-state index in [0.29, 0.717) is 18.5 Å². The van der Waals surface area contributed by atoms with Gasteiger partial charge in [0.25, 0.3) is 0 Å². The van der Waals surface area contributed by atoms with Gasteiger partial charge in [0.05, 0.1) is 12.0 Å². The van der Waals surface area contributed by atoms with Crippen LogP contribution in [-0.2, 0) is 9.53 Å². The van der Waals surface area contributed by atoms with Gasteiger partial charge in [0.15, 0.2) is 14.7 Å². The average Bonchev–Trinajstić information content (AvgIpc) is 3.03. The smallest absolute Gasteiger partial charge is 0.245 e. The number of amides is 1. The summed E-state index contributed by atoms with van der Waals surface area (Å²) in [6, 6.07) is -0.265. The summed E-state index contributed by atoms with van der Waals surface area (Å²) in [5.41, 5.74) is 5.99. The minimum atomic E-state index is -1.44. The monoisotopic (exact) mass is 529 g/mol. The lowest BCUT2D eigenvalue weighted by atomic mass is 9.67. The molecular formula is C23H33FIN3O2. The van der Waals surface area contributed by atoms with Crippen LogP contribution in [0.5, 0.6) is 0 Å². The maximum atomic E-state index is 14.1. The highest BCUT2D eigenvalue weighted by Crippen LogP contribution is 2.48. The van der Waals surface area contributed by atoms with Crippen molar-refractivity contribution in [2.45, 2.75) is 82.0 Å². The van der Waals surface area contributed by atoms with Gasteiger partial charge in [-0.25, -0.2) is 9.38 Å². The maximum absolute atomic E-state index is 14.1. The van der Waals surface area contributed by atoms with Crippen LogP contribution in [0.1, 0.15) is 66.7 Å². The van der Waals surface area contributed by atoms with Gasteiger partial charge in [0.2, 0.25) is 5.91 Å².